The first kappa shape index (κ1) is 10.8. The predicted octanol–water partition coefficient (Wildman–Crippen LogP) is 3.49. The smallest absolute Gasteiger partial charge is 0.145 e. The number of aromatic nitrogens is 3. The summed E-state index contributed by atoms with van der Waals surface area (Å²) in [5.74, 6) is 0.820. The standard InChI is InChI=1S/C11H11ClIN3/c12-10-9-8(13)5-16(4-7-2-1-3-7)11(9)15-6-14-10/h5-7H,1-4H2. The topological polar surface area (TPSA) is 30.7 Å². The van der Waals surface area contributed by atoms with Gasteiger partial charge in [-0.1, -0.05) is 18.0 Å². The second-order valence-corrected chi connectivity index (χ2v) is 5.81. The predicted molar refractivity (Wildman–Crippen MR) is 72.6 cm³/mol. The van der Waals surface area contributed by atoms with Crippen LogP contribution >= 0.6 is 34.2 Å². The van der Waals surface area contributed by atoms with Crippen LogP contribution in [-0.2, 0) is 6.54 Å². The van der Waals surface area contributed by atoms with Gasteiger partial charge >= 0.3 is 0 Å². The van der Waals surface area contributed by atoms with Gasteiger partial charge in [-0.2, -0.15) is 0 Å². The average Bonchev–Trinajstić information content (AvgIpc) is 2.51. The summed E-state index contributed by atoms with van der Waals surface area (Å²) in [4.78, 5) is 8.37. The molecule has 3 nitrogen and oxygen atoms in total. The van der Waals surface area contributed by atoms with Gasteiger partial charge in [-0.15, -0.1) is 0 Å². The van der Waals surface area contributed by atoms with Crippen molar-refractivity contribution >= 4 is 45.2 Å². The van der Waals surface area contributed by atoms with E-state index in [1.807, 2.05) is 0 Å². The molecule has 5 heteroatoms. The molecule has 84 valence electrons. The zero-order valence-corrected chi connectivity index (χ0v) is 11.6. The van der Waals surface area contributed by atoms with E-state index < -0.39 is 0 Å². The van der Waals surface area contributed by atoms with Crippen LogP contribution in [0, 0.1) is 9.49 Å². The summed E-state index contributed by atoms with van der Waals surface area (Å²) >= 11 is 8.39. The molecule has 3 rings (SSSR count). The van der Waals surface area contributed by atoms with Gasteiger partial charge in [0.05, 0.1) is 5.39 Å². The molecule has 0 bridgehead atoms. The maximum atomic E-state index is 6.09. The van der Waals surface area contributed by atoms with E-state index in [9.17, 15) is 0 Å². The van der Waals surface area contributed by atoms with Gasteiger partial charge in [0.25, 0.3) is 0 Å². The highest BCUT2D eigenvalue weighted by Gasteiger charge is 2.20. The third-order valence-electron chi connectivity index (χ3n) is 3.24. The fourth-order valence-corrected chi connectivity index (χ4v) is 3.36. The van der Waals surface area contributed by atoms with Gasteiger partial charge in [0.1, 0.15) is 17.1 Å². The van der Waals surface area contributed by atoms with Gasteiger partial charge in [0, 0.05) is 16.3 Å². The normalized spacial score (nSPS) is 16.6. The van der Waals surface area contributed by atoms with Gasteiger partial charge in [0.2, 0.25) is 0 Å². The summed E-state index contributed by atoms with van der Waals surface area (Å²) in [5, 5.41) is 1.55. The van der Waals surface area contributed by atoms with E-state index in [-0.39, 0.29) is 0 Å². The molecular weight excluding hydrogens is 336 g/mol. The van der Waals surface area contributed by atoms with E-state index in [1.54, 1.807) is 0 Å². The van der Waals surface area contributed by atoms with Crippen molar-refractivity contribution in [1.29, 1.82) is 0 Å². The molecule has 0 N–H and O–H groups in total. The number of halogens is 2. The Morgan fingerprint density at radius 3 is 2.94 bits per heavy atom. The minimum atomic E-state index is 0.557. The van der Waals surface area contributed by atoms with Crippen molar-refractivity contribution in [3.63, 3.8) is 0 Å². The maximum absolute atomic E-state index is 6.09. The van der Waals surface area contributed by atoms with Gasteiger partial charge in [-0.3, -0.25) is 0 Å². The highest BCUT2D eigenvalue weighted by atomic mass is 127. The van der Waals surface area contributed by atoms with E-state index >= 15 is 0 Å². The Labute approximate surface area is 112 Å². The molecule has 0 saturated heterocycles. The Hall–Kier alpha value is -0.360. The third-order valence-corrected chi connectivity index (χ3v) is 4.35. The lowest BCUT2D eigenvalue weighted by atomic mass is 9.85. The van der Waals surface area contributed by atoms with Gasteiger partial charge in [-0.05, 0) is 41.4 Å². The lowest BCUT2D eigenvalue weighted by Gasteiger charge is -2.25. The number of rotatable bonds is 2. The molecule has 1 aliphatic rings. The van der Waals surface area contributed by atoms with E-state index in [2.05, 4.69) is 43.3 Å². The molecule has 0 aliphatic heterocycles. The van der Waals surface area contributed by atoms with Crippen molar-refractivity contribution in [3.8, 4) is 0 Å². The molecule has 2 aromatic rings. The molecule has 2 heterocycles. The van der Waals surface area contributed by atoms with Crippen LogP contribution < -0.4 is 0 Å². The zero-order valence-electron chi connectivity index (χ0n) is 8.66. The lowest BCUT2D eigenvalue weighted by molar-refractivity contribution is 0.279. The first-order chi connectivity index (χ1) is 7.75. The number of hydrogen-bond acceptors (Lipinski definition) is 2. The van der Waals surface area contributed by atoms with Crippen LogP contribution in [0.3, 0.4) is 0 Å². The van der Waals surface area contributed by atoms with Crippen LogP contribution in [0.2, 0.25) is 5.15 Å². The van der Waals surface area contributed by atoms with Crippen LogP contribution in [0.25, 0.3) is 11.0 Å². The van der Waals surface area contributed by atoms with Crippen molar-refractivity contribution < 1.29 is 0 Å². The Morgan fingerprint density at radius 1 is 1.44 bits per heavy atom. The number of hydrogen-bond donors (Lipinski definition) is 0. The zero-order chi connectivity index (χ0) is 11.1. The van der Waals surface area contributed by atoms with E-state index in [4.69, 9.17) is 11.6 Å². The molecular formula is C11H11ClIN3. The van der Waals surface area contributed by atoms with Crippen molar-refractivity contribution in [2.45, 2.75) is 25.8 Å². The van der Waals surface area contributed by atoms with Crippen LogP contribution in [0.5, 0.6) is 0 Å². The molecule has 0 amide bonds. The summed E-state index contributed by atoms with van der Waals surface area (Å²) in [6.45, 7) is 1.06. The highest BCUT2D eigenvalue weighted by molar-refractivity contribution is 14.1. The van der Waals surface area contributed by atoms with E-state index in [0.717, 1.165) is 27.1 Å². The number of nitrogens with zero attached hydrogens (tertiary/aromatic N) is 3. The molecule has 0 aromatic carbocycles. The first-order valence-electron chi connectivity index (χ1n) is 5.40. The van der Waals surface area contributed by atoms with E-state index in [1.165, 1.54) is 25.6 Å². The Morgan fingerprint density at radius 2 is 2.25 bits per heavy atom. The van der Waals surface area contributed by atoms with Crippen molar-refractivity contribution in [2.24, 2.45) is 5.92 Å². The highest BCUT2D eigenvalue weighted by Crippen LogP contribution is 2.31. The van der Waals surface area contributed by atoms with Crippen molar-refractivity contribution in [3.05, 3.63) is 21.2 Å². The molecule has 2 aromatic heterocycles. The summed E-state index contributed by atoms with van der Waals surface area (Å²) in [7, 11) is 0. The molecule has 0 radical (unpaired) electrons. The molecule has 0 unspecified atom stereocenters. The number of fused-ring (bicyclic) bond motifs is 1. The summed E-state index contributed by atoms with van der Waals surface area (Å²) in [6, 6.07) is 0. The minimum Gasteiger partial charge on any atom is -0.331 e. The Balaban J connectivity index is 2.07. The van der Waals surface area contributed by atoms with Crippen LogP contribution in [0.1, 0.15) is 19.3 Å². The average molecular weight is 348 g/mol. The largest absolute Gasteiger partial charge is 0.331 e. The Bertz CT molecular complexity index is 533. The first-order valence-corrected chi connectivity index (χ1v) is 6.86. The second kappa shape index (κ2) is 4.14. The van der Waals surface area contributed by atoms with Crippen LogP contribution in [-0.4, -0.2) is 14.5 Å². The van der Waals surface area contributed by atoms with Crippen LogP contribution in [0.15, 0.2) is 12.5 Å². The van der Waals surface area contributed by atoms with Gasteiger partial charge < -0.3 is 4.57 Å². The molecule has 16 heavy (non-hydrogen) atoms. The molecule has 0 spiro atoms. The quantitative estimate of drug-likeness (QED) is 0.615. The minimum absolute atomic E-state index is 0.557. The fourth-order valence-electron chi connectivity index (χ4n) is 2.13. The maximum Gasteiger partial charge on any atom is 0.145 e. The fraction of sp³-hybridized carbons (Fsp3) is 0.455. The van der Waals surface area contributed by atoms with Crippen LogP contribution in [0.4, 0.5) is 0 Å². The third kappa shape index (κ3) is 1.72. The summed E-state index contributed by atoms with van der Waals surface area (Å²) < 4.78 is 3.35. The van der Waals surface area contributed by atoms with Crippen molar-refractivity contribution in [2.75, 3.05) is 0 Å². The SMILES string of the molecule is Clc1ncnc2c1c(I)cn2CC1CCC1. The summed E-state index contributed by atoms with van der Waals surface area (Å²) in [5.41, 5.74) is 0.969. The molecule has 1 fully saturated rings. The summed E-state index contributed by atoms with van der Waals surface area (Å²) in [6.07, 6.45) is 7.73. The van der Waals surface area contributed by atoms with E-state index in [0.29, 0.717) is 5.15 Å². The second-order valence-electron chi connectivity index (χ2n) is 4.29. The van der Waals surface area contributed by atoms with Gasteiger partial charge in [-0.25, -0.2) is 9.97 Å². The molecule has 0 atom stereocenters. The van der Waals surface area contributed by atoms with Crippen molar-refractivity contribution in [1.82, 2.24) is 14.5 Å². The molecule has 1 saturated carbocycles. The molecule has 1 aliphatic carbocycles. The Kier molecular flexibility index (Phi) is 2.79. The monoisotopic (exact) mass is 347 g/mol. The lowest BCUT2D eigenvalue weighted by Crippen LogP contribution is -2.17. The van der Waals surface area contributed by atoms with Gasteiger partial charge in [0.15, 0.2) is 0 Å².